The van der Waals surface area contributed by atoms with Gasteiger partial charge in [0, 0.05) is 37.4 Å². The number of benzene rings is 3. The van der Waals surface area contributed by atoms with Crippen molar-refractivity contribution in [3.05, 3.63) is 88.5 Å². The zero-order chi connectivity index (χ0) is 29.4. The number of carbonyl (C=O) groups is 2. The summed E-state index contributed by atoms with van der Waals surface area (Å²) < 4.78 is 10.6. The summed E-state index contributed by atoms with van der Waals surface area (Å²) in [7, 11) is 3.29. The Morgan fingerprint density at radius 1 is 1.05 bits per heavy atom. The van der Waals surface area contributed by atoms with E-state index in [2.05, 4.69) is 10.6 Å². The molecule has 8 nitrogen and oxygen atoms in total. The minimum Gasteiger partial charge on any atom is -0.506 e. The number of aromatic hydroxyl groups is 1. The van der Waals surface area contributed by atoms with Gasteiger partial charge >= 0.3 is 0 Å². The van der Waals surface area contributed by atoms with Crippen molar-refractivity contribution in [2.24, 2.45) is 0 Å². The Labute approximate surface area is 242 Å². The van der Waals surface area contributed by atoms with Crippen molar-refractivity contribution in [3.8, 4) is 11.5 Å². The van der Waals surface area contributed by atoms with E-state index in [0.717, 1.165) is 35.3 Å². The molecule has 0 bridgehead atoms. The molecule has 0 saturated carbocycles. The van der Waals surface area contributed by atoms with Crippen molar-refractivity contribution < 1.29 is 24.2 Å². The van der Waals surface area contributed by atoms with Crippen molar-refractivity contribution in [1.29, 1.82) is 0 Å². The fourth-order valence-corrected chi connectivity index (χ4v) is 5.30. The Morgan fingerprint density at radius 3 is 2.61 bits per heavy atom. The van der Waals surface area contributed by atoms with Crippen LogP contribution in [0.15, 0.2) is 60.7 Å². The monoisotopic (exact) mass is 559 g/mol. The van der Waals surface area contributed by atoms with Crippen LogP contribution in [0.4, 0.5) is 5.69 Å². The van der Waals surface area contributed by atoms with Crippen LogP contribution in [0, 0.1) is 6.92 Å². The summed E-state index contributed by atoms with van der Waals surface area (Å²) in [6.07, 6.45) is 3.28. The van der Waals surface area contributed by atoms with Crippen molar-refractivity contribution in [1.82, 2.24) is 10.2 Å². The molecule has 2 atom stereocenters. The number of phenolic OH excluding ortho intramolecular Hbond substituents is 1. The van der Waals surface area contributed by atoms with Gasteiger partial charge in [-0.3, -0.25) is 9.59 Å². The second-order valence-corrected chi connectivity index (χ2v) is 10.8. The second-order valence-electron chi connectivity index (χ2n) is 10.8. The number of nitrogens with zero attached hydrogens (tertiary/aromatic N) is 1. The van der Waals surface area contributed by atoms with Crippen LogP contribution in [-0.2, 0) is 17.7 Å². The van der Waals surface area contributed by atoms with E-state index in [1.165, 1.54) is 0 Å². The van der Waals surface area contributed by atoms with E-state index in [0.29, 0.717) is 49.4 Å². The Morgan fingerprint density at radius 2 is 1.85 bits per heavy atom. The molecule has 3 N–H and O–H groups in total. The molecule has 8 heteroatoms. The highest BCUT2D eigenvalue weighted by atomic mass is 16.5. The molecule has 2 amide bonds. The SMILES string of the molecule is COC[C@H]1CCCN1C(=O)c1cc(C)cc(C(=O)N[C@@H](C)CCc2ccc(NCc3cccc(OC)c3)c(O)c2)c1. The third-order valence-corrected chi connectivity index (χ3v) is 7.51. The normalized spacial score (nSPS) is 15.4. The van der Waals surface area contributed by atoms with Crippen LogP contribution < -0.4 is 15.4 Å². The quantitative estimate of drug-likeness (QED) is 0.260. The summed E-state index contributed by atoms with van der Waals surface area (Å²) in [5.41, 5.74) is 4.56. The third kappa shape index (κ3) is 8.01. The first-order valence-electron chi connectivity index (χ1n) is 14.2. The lowest BCUT2D eigenvalue weighted by atomic mass is 10.0. The van der Waals surface area contributed by atoms with E-state index >= 15 is 0 Å². The maximum absolute atomic E-state index is 13.2. The van der Waals surface area contributed by atoms with E-state index in [4.69, 9.17) is 9.47 Å². The van der Waals surface area contributed by atoms with Gasteiger partial charge in [-0.25, -0.2) is 0 Å². The average molecular weight is 560 g/mol. The molecular weight excluding hydrogens is 518 g/mol. The number of aryl methyl sites for hydroxylation is 2. The Hall–Kier alpha value is -4.04. The van der Waals surface area contributed by atoms with Gasteiger partial charge in [0.2, 0.25) is 0 Å². The molecule has 0 unspecified atom stereocenters. The van der Waals surface area contributed by atoms with Crippen molar-refractivity contribution in [3.63, 3.8) is 0 Å². The van der Waals surface area contributed by atoms with Crippen LogP contribution in [0.1, 0.15) is 63.6 Å². The minimum atomic E-state index is -0.204. The molecule has 1 aliphatic rings. The van der Waals surface area contributed by atoms with Crippen molar-refractivity contribution in [2.75, 3.05) is 32.7 Å². The van der Waals surface area contributed by atoms with E-state index in [1.807, 2.05) is 67.3 Å². The number of rotatable bonds is 12. The molecule has 41 heavy (non-hydrogen) atoms. The van der Waals surface area contributed by atoms with Gasteiger partial charge in [-0.1, -0.05) is 18.2 Å². The molecule has 0 radical (unpaired) electrons. The molecule has 3 aromatic carbocycles. The zero-order valence-electron chi connectivity index (χ0n) is 24.4. The number of carbonyl (C=O) groups excluding carboxylic acids is 2. The number of hydrogen-bond donors (Lipinski definition) is 3. The Kier molecular flexibility index (Phi) is 10.2. The number of amides is 2. The summed E-state index contributed by atoms with van der Waals surface area (Å²) in [6, 6.07) is 18.7. The molecule has 1 saturated heterocycles. The summed E-state index contributed by atoms with van der Waals surface area (Å²) in [4.78, 5) is 28.2. The van der Waals surface area contributed by atoms with Gasteiger partial charge in [-0.15, -0.1) is 0 Å². The predicted octanol–water partition coefficient (Wildman–Crippen LogP) is 5.32. The molecule has 1 heterocycles. The van der Waals surface area contributed by atoms with Gasteiger partial charge in [0.25, 0.3) is 11.8 Å². The number of nitrogens with one attached hydrogen (secondary N) is 2. The molecule has 0 aromatic heterocycles. The standard InChI is InChI=1S/C33H41N3O5/c1-22-15-26(19-27(16-22)33(39)36-14-6-8-28(36)21-40-3)32(38)35-23(2)10-11-24-12-13-30(31(37)18-24)34-20-25-7-5-9-29(17-25)41-4/h5,7,9,12-13,15-19,23,28,34,37H,6,8,10-11,14,20-21H2,1-4H3,(H,35,38)/t23-,28+/m0/s1. The number of likely N-dealkylation sites (tertiary alicyclic amines) is 1. The maximum Gasteiger partial charge on any atom is 0.254 e. The van der Waals surface area contributed by atoms with Gasteiger partial charge in [0.05, 0.1) is 25.4 Å². The topological polar surface area (TPSA) is 100 Å². The molecule has 4 rings (SSSR count). The molecule has 1 fully saturated rings. The molecular formula is C33H41N3O5. The molecule has 218 valence electrons. The van der Waals surface area contributed by atoms with Gasteiger partial charge in [-0.2, -0.15) is 0 Å². The van der Waals surface area contributed by atoms with Crippen LogP contribution in [0.5, 0.6) is 11.5 Å². The van der Waals surface area contributed by atoms with Crippen LogP contribution >= 0.6 is 0 Å². The highest BCUT2D eigenvalue weighted by Gasteiger charge is 2.29. The van der Waals surface area contributed by atoms with E-state index in [9.17, 15) is 14.7 Å². The first-order chi connectivity index (χ1) is 19.8. The Balaban J connectivity index is 1.31. The third-order valence-electron chi connectivity index (χ3n) is 7.51. The molecule has 1 aliphatic heterocycles. The van der Waals surface area contributed by atoms with Crippen LogP contribution in [-0.4, -0.2) is 61.3 Å². The first kappa shape index (κ1) is 29.9. The number of anilines is 1. The summed E-state index contributed by atoms with van der Waals surface area (Å²) >= 11 is 0. The number of hydrogen-bond acceptors (Lipinski definition) is 6. The maximum atomic E-state index is 13.2. The lowest BCUT2D eigenvalue weighted by Gasteiger charge is -2.24. The zero-order valence-corrected chi connectivity index (χ0v) is 24.4. The largest absolute Gasteiger partial charge is 0.506 e. The lowest BCUT2D eigenvalue weighted by molar-refractivity contribution is 0.0630. The van der Waals surface area contributed by atoms with Gasteiger partial charge in [0.15, 0.2) is 0 Å². The number of methoxy groups -OCH3 is 2. The fourth-order valence-electron chi connectivity index (χ4n) is 5.30. The Bertz CT molecular complexity index is 1360. The minimum absolute atomic E-state index is 0.0587. The number of phenols is 1. The van der Waals surface area contributed by atoms with Crippen LogP contribution in [0.3, 0.4) is 0 Å². The average Bonchev–Trinajstić information content (AvgIpc) is 3.43. The molecule has 0 aliphatic carbocycles. The second kappa shape index (κ2) is 14.0. The lowest BCUT2D eigenvalue weighted by Crippen LogP contribution is -2.38. The number of ether oxygens (including phenoxy) is 2. The summed E-state index contributed by atoms with van der Waals surface area (Å²) in [5.74, 6) is 0.714. The van der Waals surface area contributed by atoms with Crippen molar-refractivity contribution >= 4 is 17.5 Å². The molecule has 0 spiro atoms. The molecule has 3 aromatic rings. The van der Waals surface area contributed by atoms with E-state index < -0.39 is 0 Å². The van der Waals surface area contributed by atoms with Crippen molar-refractivity contribution in [2.45, 2.75) is 58.2 Å². The fraction of sp³-hybridized carbons (Fsp3) is 0.394. The smallest absolute Gasteiger partial charge is 0.254 e. The van der Waals surface area contributed by atoms with Crippen LogP contribution in [0.2, 0.25) is 0 Å². The highest BCUT2D eigenvalue weighted by molar-refractivity contribution is 6.00. The summed E-state index contributed by atoms with van der Waals surface area (Å²) in [5, 5.41) is 16.9. The van der Waals surface area contributed by atoms with E-state index in [1.54, 1.807) is 26.4 Å². The predicted molar refractivity (Wildman–Crippen MR) is 161 cm³/mol. The van der Waals surface area contributed by atoms with E-state index in [-0.39, 0.29) is 29.6 Å². The van der Waals surface area contributed by atoms with Crippen LogP contribution in [0.25, 0.3) is 0 Å². The van der Waals surface area contributed by atoms with Gasteiger partial charge < -0.3 is 30.1 Å². The van der Waals surface area contributed by atoms with Gasteiger partial charge in [-0.05, 0) is 98.7 Å². The summed E-state index contributed by atoms with van der Waals surface area (Å²) in [6.45, 7) is 5.64. The van der Waals surface area contributed by atoms with Gasteiger partial charge in [0.1, 0.15) is 11.5 Å². The first-order valence-corrected chi connectivity index (χ1v) is 14.2. The highest BCUT2D eigenvalue weighted by Crippen LogP contribution is 2.26.